The Labute approximate surface area is 129 Å². The van der Waals surface area contributed by atoms with Crippen LogP contribution >= 0.6 is 11.6 Å². The quantitative estimate of drug-likeness (QED) is 0.845. The standard InChI is InChI=1S/C14H16ClN3O2S/c1-9-4-3-5-17-13(9)8-18-21(19,20)14-7-11(15)6-12(16)10(14)2/h3-7,18H,8,16H2,1-2H3. The molecule has 3 N–H and O–H groups in total. The van der Waals surface area contributed by atoms with E-state index in [9.17, 15) is 8.42 Å². The maximum Gasteiger partial charge on any atom is 0.241 e. The number of aryl methyl sites for hydroxylation is 1. The lowest BCUT2D eigenvalue weighted by Crippen LogP contribution is -2.25. The SMILES string of the molecule is Cc1cccnc1CNS(=O)(=O)c1cc(Cl)cc(N)c1C. The number of halogens is 1. The smallest absolute Gasteiger partial charge is 0.241 e. The summed E-state index contributed by atoms with van der Waals surface area (Å²) in [6.07, 6.45) is 1.62. The van der Waals surface area contributed by atoms with Gasteiger partial charge in [-0.15, -0.1) is 0 Å². The van der Waals surface area contributed by atoms with Crippen molar-refractivity contribution in [2.75, 3.05) is 5.73 Å². The van der Waals surface area contributed by atoms with E-state index in [1.165, 1.54) is 12.1 Å². The molecule has 0 radical (unpaired) electrons. The summed E-state index contributed by atoms with van der Waals surface area (Å²) in [5.74, 6) is 0. The fourth-order valence-corrected chi connectivity index (χ4v) is 3.47. The zero-order chi connectivity index (χ0) is 15.6. The molecule has 0 amide bonds. The zero-order valence-corrected chi connectivity index (χ0v) is 13.3. The minimum Gasteiger partial charge on any atom is -0.398 e. The highest BCUT2D eigenvalue weighted by Crippen LogP contribution is 2.26. The summed E-state index contributed by atoms with van der Waals surface area (Å²) >= 11 is 5.89. The summed E-state index contributed by atoms with van der Waals surface area (Å²) in [7, 11) is -3.71. The third-order valence-electron chi connectivity index (χ3n) is 3.20. The van der Waals surface area contributed by atoms with Gasteiger partial charge in [-0.25, -0.2) is 13.1 Å². The Kier molecular flexibility index (Phi) is 4.51. The van der Waals surface area contributed by atoms with Crippen molar-refractivity contribution >= 4 is 27.3 Å². The molecule has 0 aliphatic rings. The van der Waals surface area contributed by atoms with Gasteiger partial charge in [0.1, 0.15) is 0 Å². The van der Waals surface area contributed by atoms with Crippen LogP contribution in [-0.4, -0.2) is 13.4 Å². The van der Waals surface area contributed by atoms with E-state index in [0.29, 0.717) is 16.9 Å². The largest absolute Gasteiger partial charge is 0.398 e. The first-order valence-corrected chi connectivity index (χ1v) is 8.13. The number of nitrogens with zero attached hydrogens (tertiary/aromatic N) is 1. The molecule has 0 aliphatic carbocycles. The van der Waals surface area contributed by atoms with Gasteiger partial charge < -0.3 is 5.73 Å². The molecule has 1 aromatic carbocycles. The Morgan fingerprint density at radius 3 is 2.71 bits per heavy atom. The van der Waals surface area contributed by atoms with Crippen molar-refractivity contribution in [1.82, 2.24) is 9.71 Å². The molecule has 0 atom stereocenters. The number of rotatable bonds is 4. The Bertz CT molecular complexity index is 776. The highest BCUT2D eigenvalue weighted by molar-refractivity contribution is 7.89. The molecule has 21 heavy (non-hydrogen) atoms. The molecular weight excluding hydrogens is 310 g/mol. The molecule has 2 aromatic rings. The number of anilines is 1. The van der Waals surface area contributed by atoms with Crippen molar-refractivity contribution in [3.8, 4) is 0 Å². The Morgan fingerprint density at radius 2 is 2.05 bits per heavy atom. The van der Waals surface area contributed by atoms with Crippen LogP contribution in [0.5, 0.6) is 0 Å². The third-order valence-corrected chi connectivity index (χ3v) is 4.95. The summed E-state index contributed by atoms with van der Waals surface area (Å²) in [6, 6.07) is 6.59. The van der Waals surface area contributed by atoms with Crippen molar-refractivity contribution < 1.29 is 8.42 Å². The van der Waals surface area contributed by atoms with Crippen molar-refractivity contribution in [2.45, 2.75) is 25.3 Å². The fraction of sp³-hybridized carbons (Fsp3) is 0.214. The maximum atomic E-state index is 12.4. The van der Waals surface area contributed by atoms with E-state index in [0.717, 1.165) is 5.56 Å². The van der Waals surface area contributed by atoms with Gasteiger partial charge in [0.25, 0.3) is 0 Å². The van der Waals surface area contributed by atoms with E-state index in [1.54, 1.807) is 19.2 Å². The molecule has 1 aromatic heterocycles. The molecule has 0 saturated heterocycles. The number of aromatic nitrogens is 1. The number of sulfonamides is 1. The topological polar surface area (TPSA) is 85.1 Å². The van der Waals surface area contributed by atoms with Crippen LogP contribution in [0, 0.1) is 13.8 Å². The molecule has 0 fully saturated rings. The van der Waals surface area contributed by atoms with E-state index < -0.39 is 10.0 Å². The molecule has 5 nitrogen and oxygen atoms in total. The summed E-state index contributed by atoms with van der Waals surface area (Å²) in [4.78, 5) is 4.24. The van der Waals surface area contributed by atoms with Gasteiger partial charge in [0.15, 0.2) is 0 Å². The maximum absolute atomic E-state index is 12.4. The van der Waals surface area contributed by atoms with Crippen LogP contribution in [0.1, 0.15) is 16.8 Å². The molecule has 0 spiro atoms. The average Bonchev–Trinajstić information content (AvgIpc) is 2.42. The molecular formula is C14H16ClN3O2S. The van der Waals surface area contributed by atoms with Crippen LogP contribution in [0.2, 0.25) is 5.02 Å². The average molecular weight is 326 g/mol. The second-order valence-corrected chi connectivity index (χ2v) is 6.88. The lowest BCUT2D eigenvalue weighted by molar-refractivity contribution is 0.579. The van der Waals surface area contributed by atoms with E-state index in [1.807, 2.05) is 13.0 Å². The van der Waals surface area contributed by atoms with Crippen LogP contribution in [0.3, 0.4) is 0 Å². The Morgan fingerprint density at radius 1 is 1.33 bits per heavy atom. The number of nitrogens with one attached hydrogen (secondary N) is 1. The van der Waals surface area contributed by atoms with Crippen LogP contribution in [0.4, 0.5) is 5.69 Å². The highest BCUT2D eigenvalue weighted by atomic mass is 35.5. The minimum atomic E-state index is -3.71. The number of benzene rings is 1. The van der Waals surface area contributed by atoms with Crippen molar-refractivity contribution in [2.24, 2.45) is 0 Å². The number of hydrogen-bond donors (Lipinski definition) is 2. The molecule has 0 unspecified atom stereocenters. The van der Waals surface area contributed by atoms with Gasteiger partial charge in [-0.1, -0.05) is 17.7 Å². The van der Waals surface area contributed by atoms with E-state index in [2.05, 4.69) is 9.71 Å². The Hall–Kier alpha value is -1.63. The number of nitrogens with two attached hydrogens (primary N) is 1. The lowest BCUT2D eigenvalue weighted by Gasteiger charge is -2.12. The fourth-order valence-electron chi connectivity index (χ4n) is 1.90. The van der Waals surface area contributed by atoms with Crippen LogP contribution in [-0.2, 0) is 16.6 Å². The van der Waals surface area contributed by atoms with E-state index in [4.69, 9.17) is 17.3 Å². The van der Waals surface area contributed by atoms with Gasteiger partial charge in [-0.2, -0.15) is 0 Å². The van der Waals surface area contributed by atoms with Crippen LogP contribution < -0.4 is 10.5 Å². The molecule has 7 heteroatoms. The van der Waals surface area contributed by atoms with E-state index in [-0.39, 0.29) is 16.5 Å². The summed E-state index contributed by atoms with van der Waals surface area (Å²) in [5, 5.41) is 0.285. The monoisotopic (exact) mass is 325 g/mol. The first-order valence-electron chi connectivity index (χ1n) is 6.27. The minimum absolute atomic E-state index is 0.0843. The van der Waals surface area contributed by atoms with Crippen LogP contribution in [0.15, 0.2) is 35.4 Å². The summed E-state index contributed by atoms with van der Waals surface area (Å²) in [6.45, 7) is 3.63. The molecule has 0 bridgehead atoms. The highest BCUT2D eigenvalue weighted by Gasteiger charge is 2.19. The predicted octanol–water partition coefficient (Wildman–Crippen LogP) is 2.41. The third kappa shape index (κ3) is 3.53. The van der Waals surface area contributed by atoms with Gasteiger partial charge in [0.2, 0.25) is 10.0 Å². The normalized spacial score (nSPS) is 11.6. The molecule has 0 aliphatic heterocycles. The van der Waals surface area contributed by atoms with Gasteiger partial charge >= 0.3 is 0 Å². The number of pyridine rings is 1. The van der Waals surface area contributed by atoms with Gasteiger partial charge in [0, 0.05) is 16.9 Å². The van der Waals surface area contributed by atoms with Gasteiger partial charge in [0.05, 0.1) is 17.1 Å². The Balaban J connectivity index is 2.30. The second-order valence-electron chi connectivity index (χ2n) is 4.71. The van der Waals surface area contributed by atoms with Crippen molar-refractivity contribution in [3.05, 3.63) is 52.3 Å². The lowest BCUT2D eigenvalue weighted by atomic mass is 10.2. The van der Waals surface area contributed by atoms with Crippen molar-refractivity contribution in [1.29, 1.82) is 0 Å². The molecule has 0 saturated carbocycles. The molecule has 1 heterocycles. The van der Waals surface area contributed by atoms with Gasteiger partial charge in [-0.3, -0.25) is 4.98 Å². The number of hydrogen-bond acceptors (Lipinski definition) is 4. The first-order chi connectivity index (χ1) is 9.81. The zero-order valence-electron chi connectivity index (χ0n) is 11.7. The number of nitrogen functional groups attached to an aromatic ring is 1. The van der Waals surface area contributed by atoms with Crippen molar-refractivity contribution in [3.63, 3.8) is 0 Å². The summed E-state index contributed by atoms with van der Waals surface area (Å²) in [5.41, 5.74) is 8.18. The predicted molar refractivity (Wildman–Crippen MR) is 83.6 cm³/mol. The molecule has 112 valence electrons. The second kappa shape index (κ2) is 6.01. The van der Waals surface area contributed by atoms with Crippen LogP contribution in [0.25, 0.3) is 0 Å². The first kappa shape index (κ1) is 15.8. The summed E-state index contributed by atoms with van der Waals surface area (Å²) < 4.78 is 27.3. The van der Waals surface area contributed by atoms with E-state index >= 15 is 0 Å². The molecule has 2 rings (SSSR count). The van der Waals surface area contributed by atoms with Gasteiger partial charge in [-0.05, 0) is 43.2 Å².